The van der Waals surface area contributed by atoms with Crippen LogP contribution in [-0.4, -0.2) is 26.2 Å². The molecule has 0 unspecified atom stereocenters. The molecule has 0 bridgehead atoms. The van der Waals surface area contributed by atoms with E-state index in [1.165, 1.54) is 0 Å². The van der Waals surface area contributed by atoms with Crippen molar-refractivity contribution in [2.45, 2.75) is 20.4 Å². The Morgan fingerprint density at radius 3 is 2.70 bits per heavy atom. The molecule has 5 heteroatoms. The molecule has 0 spiro atoms. The molecule has 4 rings (SSSR count). The van der Waals surface area contributed by atoms with Crippen molar-refractivity contribution in [3.63, 3.8) is 0 Å². The third-order valence-electron chi connectivity index (χ3n) is 4.29. The smallest absolute Gasteiger partial charge is 0.229 e. The van der Waals surface area contributed by atoms with E-state index in [-0.39, 0.29) is 23.0 Å². The predicted octanol–water partition coefficient (Wildman–Crippen LogP) is 2.85. The van der Waals surface area contributed by atoms with Crippen molar-refractivity contribution in [1.82, 2.24) is 9.55 Å². The lowest BCUT2D eigenvalue weighted by molar-refractivity contribution is 0.0970. The quantitative estimate of drug-likeness (QED) is 0.587. The normalized spacial score (nSPS) is 13.3. The fraction of sp³-hybridized carbons (Fsp3) is 0.167. The Kier molecular flexibility index (Phi) is 2.69. The lowest BCUT2D eigenvalue weighted by Gasteiger charge is -2.16. The van der Waals surface area contributed by atoms with Gasteiger partial charge in [-0.3, -0.25) is 14.6 Å². The van der Waals surface area contributed by atoms with E-state index in [2.05, 4.69) is 4.98 Å². The van der Waals surface area contributed by atoms with Crippen molar-refractivity contribution in [3.05, 3.63) is 58.5 Å². The van der Waals surface area contributed by atoms with Gasteiger partial charge in [0.15, 0.2) is 5.78 Å². The Morgan fingerprint density at radius 2 is 1.96 bits per heavy atom. The molecule has 1 N–H and O–H groups in total. The Bertz CT molecular complexity index is 1010. The lowest BCUT2D eigenvalue weighted by atomic mass is 9.89. The van der Waals surface area contributed by atoms with Crippen molar-refractivity contribution >= 4 is 22.5 Å². The van der Waals surface area contributed by atoms with Gasteiger partial charge in [-0.25, -0.2) is 0 Å². The van der Waals surface area contributed by atoms with Crippen LogP contribution in [0.15, 0.2) is 30.5 Å². The molecule has 0 saturated carbocycles. The Hall–Kier alpha value is -2.95. The summed E-state index contributed by atoms with van der Waals surface area (Å²) in [7, 11) is 0. The van der Waals surface area contributed by atoms with Crippen LogP contribution >= 0.6 is 0 Å². The fourth-order valence-corrected chi connectivity index (χ4v) is 3.31. The van der Waals surface area contributed by atoms with Crippen LogP contribution in [0.25, 0.3) is 10.9 Å². The first kappa shape index (κ1) is 13.7. The molecule has 0 aliphatic heterocycles. The van der Waals surface area contributed by atoms with Crippen LogP contribution in [0.4, 0.5) is 0 Å². The SMILES string of the molecule is CCn1c2c(c3cc(O)ccc31)C(=O)c1cc(C)cnc1C2=O. The summed E-state index contributed by atoms with van der Waals surface area (Å²) >= 11 is 0. The number of phenols is 1. The zero-order chi connectivity index (χ0) is 16.3. The van der Waals surface area contributed by atoms with Crippen LogP contribution < -0.4 is 0 Å². The minimum absolute atomic E-state index is 0.0713. The Morgan fingerprint density at radius 1 is 1.17 bits per heavy atom. The van der Waals surface area contributed by atoms with Gasteiger partial charge in [0, 0.05) is 23.6 Å². The minimum atomic E-state index is -0.243. The molecule has 0 radical (unpaired) electrons. The molecule has 2 heterocycles. The number of aryl methyl sites for hydroxylation is 2. The molecule has 5 nitrogen and oxygen atoms in total. The average molecular weight is 306 g/mol. The molecule has 1 aromatic carbocycles. The third-order valence-corrected chi connectivity index (χ3v) is 4.29. The molecule has 114 valence electrons. The van der Waals surface area contributed by atoms with Crippen molar-refractivity contribution in [3.8, 4) is 5.75 Å². The average Bonchev–Trinajstić information content (AvgIpc) is 2.86. The molecular weight excluding hydrogens is 292 g/mol. The number of aromatic nitrogens is 2. The fourth-order valence-electron chi connectivity index (χ4n) is 3.31. The summed E-state index contributed by atoms with van der Waals surface area (Å²) in [6.07, 6.45) is 1.60. The van der Waals surface area contributed by atoms with E-state index >= 15 is 0 Å². The Balaban J connectivity index is 2.15. The van der Waals surface area contributed by atoms with E-state index < -0.39 is 0 Å². The van der Waals surface area contributed by atoms with Gasteiger partial charge in [0.1, 0.15) is 17.1 Å². The van der Waals surface area contributed by atoms with E-state index in [0.717, 1.165) is 11.1 Å². The first-order valence-electron chi connectivity index (χ1n) is 7.44. The maximum atomic E-state index is 13.0. The van der Waals surface area contributed by atoms with Crippen LogP contribution in [-0.2, 0) is 6.54 Å². The van der Waals surface area contributed by atoms with E-state index in [1.807, 2.05) is 18.4 Å². The molecule has 0 amide bonds. The predicted molar refractivity (Wildman–Crippen MR) is 85.1 cm³/mol. The molecular formula is C18H14N2O3. The largest absolute Gasteiger partial charge is 0.508 e. The first-order chi connectivity index (χ1) is 11.0. The number of benzene rings is 1. The highest BCUT2D eigenvalue weighted by molar-refractivity contribution is 6.31. The van der Waals surface area contributed by atoms with Crippen LogP contribution in [0.5, 0.6) is 5.75 Å². The third kappa shape index (κ3) is 1.70. The van der Waals surface area contributed by atoms with E-state index in [0.29, 0.717) is 28.8 Å². The molecule has 3 aromatic rings. The first-order valence-corrected chi connectivity index (χ1v) is 7.44. The van der Waals surface area contributed by atoms with Crippen LogP contribution in [0.2, 0.25) is 0 Å². The molecule has 1 aliphatic carbocycles. The number of aromatic hydroxyl groups is 1. The van der Waals surface area contributed by atoms with Gasteiger partial charge in [0.2, 0.25) is 5.78 Å². The van der Waals surface area contributed by atoms with E-state index in [9.17, 15) is 14.7 Å². The number of pyridine rings is 1. The van der Waals surface area contributed by atoms with Gasteiger partial charge in [0.05, 0.1) is 11.1 Å². The highest BCUT2D eigenvalue weighted by Crippen LogP contribution is 2.36. The standard InChI is InChI=1S/C18H14N2O3/c1-3-20-13-5-4-10(21)7-11(13)14-16(20)18(23)15-12(17(14)22)6-9(2)8-19-15/h4-8,21H,3H2,1-2H3. The number of nitrogens with zero attached hydrogens (tertiary/aromatic N) is 2. The maximum absolute atomic E-state index is 13.0. The summed E-state index contributed by atoms with van der Waals surface area (Å²) in [5, 5.41) is 10.4. The molecule has 0 atom stereocenters. The number of phenolic OH excluding ortho intramolecular Hbond substituents is 1. The van der Waals surface area contributed by atoms with Gasteiger partial charge in [-0.2, -0.15) is 0 Å². The summed E-state index contributed by atoms with van der Waals surface area (Å²) in [4.78, 5) is 30.1. The highest BCUT2D eigenvalue weighted by Gasteiger charge is 2.36. The summed E-state index contributed by atoms with van der Waals surface area (Å²) in [5.74, 6) is -0.386. The second-order valence-corrected chi connectivity index (χ2v) is 5.74. The second-order valence-electron chi connectivity index (χ2n) is 5.74. The highest BCUT2D eigenvalue weighted by atomic mass is 16.3. The lowest BCUT2D eigenvalue weighted by Crippen LogP contribution is -2.24. The number of fused-ring (bicyclic) bond motifs is 4. The monoisotopic (exact) mass is 306 g/mol. The summed E-state index contributed by atoms with van der Waals surface area (Å²) in [6, 6.07) is 6.53. The summed E-state index contributed by atoms with van der Waals surface area (Å²) in [6.45, 7) is 4.31. The van der Waals surface area contributed by atoms with Gasteiger partial charge < -0.3 is 9.67 Å². The zero-order valence-corrected chi connectivity index (χ0v) is 12.8. The number of ketones is 2. The Labute approximate surface area is 132 Å². The second kappa shape index (κ2) is 4.52. The number of carbonyl (C=O) groups is 2. The summed E-state index contributed by atoms with van der Waals surface area (Å²) in [5.41, 5.74) is 2.86. The number of hydrogen-bond acceptors (Lipinski definition) is 4. The van der Waals surface area contributed by atoms with Gasteiger partial charge in [-0.05, 0) is 43.7 Å². The topological polar surface area (TPSA) is 72.2 Å². The van der Waals surface area contributed by atoms with Gasteiger partial charge in [0.25, 0.3) is 0 Å². The van der Waals surface area contributed by atoms with Crippen LogP contribution in [0.1, 0.15) is 44.6 Å². The van der Waals surface area contributed by atoms with Crippen molar-refractivity contribution < 1.29 is 14.7 Å². The van der Waals surface area contributed by atoms with Gasteiger partial charge in [-0.1, -0.05) is 0 Å². The van der Waals surface area contributed by atoms with Crippen molar-refractivity contribution in [2.24, 2.45) is 0 Å². The summed E-state index contributed by atoms with van der Waals surface area (Å²) < 4.78 is 1.81. The molecule has 2 aromatic heterocycles. The van der Waals surface area contributed by atoms with Crippen molar-refractivity contribution in [2.75, 3.05) is 0 Å². The molecule has 1 aliphatic rings. The van der Waals surface area contributed by atoms with Crippen LogP contribution in [0.3, 0.4) is 0 Å². The molecule has 0 saturated heterocycles. The molecule has 0 fully saturated rings. The van der Waals surface area contributed by atoms with E-state index in [1.54, 1.807) is 30.5 Å². The van der Waals surface area contributed by atoms with Crippen LogP contribution in [0, 0.1) is 6.92 Å². The van der Waals surface area contributed by atoms with Gasteiger partial charge in [-0.15, -0.1) is 0 Å². The number of rotatable bonds is 1. The zero-order valence-electron chi connectivity index (χ0n) is 12.8. The van der Waals surface area contributed by atoms with E-state index in [4.69, 9.17) is 0 Å². The van der Waals surface area contributed by atoms with Gasteiger partial charge >= 0.3 is 0 Å². The number of carbonyl (C=O) groups excluding carboxylic acids is 2. The maximum Gasteiger partial charge on any atom is 0.229 e. The van der Waals surface area contributed by atoms with Crippen molar-refractivity contribution in [1.29, 1.82) is 0 Å². The number of hydrogen-bond donors (Lipinski definition) is 1. The molecule has 23 heavy (non-hydrogen) atoms. The minimum Gasteiger partial charge on any atom is -0.508 e.